The van der Waals surface area contributed by atoms with Crippen LogP contribution in [0.4, 0.5) is 5.69 Å². The van der Waals surface area contributed by atoms with Crippen LogP contribution in [-0.4, -0.2) is 18.3 Å². The van der Waals surface area contributed by atoms with Gasteiger partial charge in [0.05, 0.1) is 18.0 Å². The van der Waals surface area contributed by atoms with E-state index in [4.69, 9.17) is 9.73 Å². The minimum atomic E-state index is -0.137. The second kappa shape index (κ2) is 9.53. The zero-order chi connectivity index (χ0) is 20.8. The highest BCUT2D eigenvalue weighted by atomic mass is 16.5. The zero-order valence-corrected chi connectivity index (χ0v) is 17.4. The molecule has 3 aromatic carbocycles. The van der Waals surface area contributed by atoms with Gasteiger partial charge in [-0.1, -0.05) is 72.8 Å². The van der Waals surface area contributed by atoms with Crippen molar-refractivity contribution in [2.75, 3.05) is 6.61 Å². The standard InChI is InChI=1S/C27H27NO2/c1-2-30-25(29)19-18-20-14-9-15-24(26(20)21-16-17-21)28-27(22-10-5-3-6-11-22)23-12-7-4-8-13-23/h3-15,21H,2,16-19H2,1H3. The number of nitrogens with zero attached hydrogens (tertiary/aromatic N) is 1. The Morgan fingerprint density at radius 2 is 1.53 bits per heavy atom. The molecule has 0 aliphatic heterocycles. The molecule has 0 amide bonds. The van der Waals surface area contributed by atoms with E-state index in [0.29, 0.717) is 25.4 Å². The molecular formula is C27H27NO2. The van der Waals surface area contributed by atoms with Crippen LogP contribution in [0.25, 0.3) is 0 Å². The van der Waals surface area contributed by atoms with Gasteiger partial charge in [-0.05, 0) is 49.3 Å². The Hall–Kier alpha value is -3.20. The summed E-state index contributed by atoms with van der Waals surface area (Å²) >= 11 is 0. The van der Waals surface area contributed by atoms with Gasteiger partial charge in [-0.25, -0.2) is 4.99 Å². The molecule has 3 aromatic rings. The molecule has 0 aromatic heterocycles. The van der Waals surface area contributed by atoms with Crippen LogP contribution in [0.2, 0.25) is 0 Å². The van der Waals surface area contributed by atoms with Crippen LogP contribution < -0.4 is 0 Å². The second-order valence-electron chi connectivity index (χ2n) is 7.62. The summed E-state index contributed by atoms with van der Waals surface area (Å²) in [5.74, 6) is 0.400. The molecule has 1 fully saturated rings. The highest BCUT2D eigenvalue weighted by Gasteiger charge is 2.29. The van der Waals surface area contributed by atoms with Crippen molar-refractivity contribution >= 4 is 17.4 Å². The summed E-state index contributed by atoms with van der Waals surface area (Å²) in [5, 5.41) is 0. The quantitative estimate of drug-likeness (QED) is 0.334. The van der Waals surface area contributed by atoms with Gasteiger partial charge in [0.25, 0.3) is 0 Å². The lowest BCUT2D eigenvalue weighted by atomic mass is 9.96. The summed E-state index contributed by atoms with van der Waals surface area (Å²) in [7, 11) is 0. The van der Waals surface area contributed by atoms with Crippen molar-refractivity contribution in [1.29, 1.82) is 0 Å². The van der Waals surface area contributed by atoms with E-state index in [9.17, 15) is 4.79 Å². The van der Waals surface area contributed by atoms with Crippen molar-refractivity contribution < 1.29 is 9.53 Å². The Bertz CT molecular complexity index is 980. The van der Waals surface area contributed by atoms with E-state index in [-0.39, 0.29) is 5.97 Å². The number of esters is 1. The summed E-state index contributed by atoms with van der Waals surface area (Å²) < 4.78 is 5.12. The lowest BCUT2D eigenvalue weighted by molar-refractivity contribution is -0.143. The van der Waals surface area contributed by atoms with Gasteiger partial charge in [-0.3, -0.25) is 4.79 Å². The van der Waals surface area contributed by atoms with Crippen LogP contribution in [0, 0.1) is 0 Å². The fraction of sp³-hybridized carbons (Fsp3) is 0.259. The van der Waals surface area contributed by atoms with Crippen LogP contribution in [0.15, 0.2) is 83.9 Å². The Balaban J connectivity index is 1.75. The number of hydrogen-bond donors (Lipinski definition) is 0. The Labute approximate surface area is 178 Å². The first-order valence-corrected chi connectivity index (χ1v) is 10.7. The van der Waals surface area contributed by atoms with Crippen LogP contribution in [0.3, 0.4) is 0 Å². The van der Waals surface area contributed by atoms with Gasteiger partial charge >= 0.3 is 5.97 Å². The maximum atomic E-state index is 11.9. The van der Waals surface area contributed by atoms with Crippen molar-refractivity contribution in [2.24, 2.45) is 4.99 Å². The first kappa shape index (κ1) is 20.1. The van der Waals surface area contributed by atoms with Gasteiger partial charge in [-0.2, -0.15) is 0 Å². The number of carbonyl (C=O) groups is 1. The summed E-state index contributed by atoms with van der Waals surface area (Å²) in [5.41, 5.74) is 6.70. The summed E-state index contributed by atoms with van der Waals surface area (Å²) in [4.78, 5) is 17.1. The molecule has 0 saturated heterocycles. The lowest BCUT2D eigenvalue weighted by Crippen LogP contribution is -2.07. The highest BCUT2D eigenvalue weighted by Crippen LogP contribution is 2.46. The fourth-order valence-corrected chi connectivity index (χ4v) is 3.84. The van der Waals surface area contributed by atoms with Crippen molar-refractivity contribution in [1.82, 2.24) is 0 Å². The molecule has 1 saturated carbocycles. The largest absolute Gasteiger partial charge is 0.466 e. The number of benzene rings is 3. The molecular weight excluding hydrogens is 370 g/mol. The number of hydrogen-bond acceptors (Lipinski definition) is 3. The maximum absolute atomic E-state index is 11.9. The summed E-state index contributed by atoms with van der Waals surface area (Å²) in [6.07, 6.45) is 3.47. The van der Waals surface area contributed by atoms with Crippen LogP contribution >= 0.6 is 0 Å². The predicted molar refractivity (Wildman–Crippen MR) is 122 cm³/mol. The van der Waals surface area contributed by atoms with Gasteiger partial charge in [0.2, 0.25) is 0 Å². The van der Waals surface area contributed by atoms with Crippen molar-refractivity contribution in [2.45, 2.75) is 38.5 Å². The third-order valence-electron chi connectivity index (χ3n) is 5.39. The normalized spacial score (nSPS) is 13.0. The van der Waals surface area contributed by atoms with Crippen LogP contribution in [-0.2, 0) is 16.0 Å². The van der Waals surface area contributed by atoms with E-state index >= 15 is 0 Å². The molecule has 3 heteroatoms. The Morgan fingerprint density at radius 3 is 2.10 bits per heavy atom. The molecule has 4 rings (SSSR count). The molecule has 1 aliphatic carbocycles. The van der Waals surface area contributed by atoms with E-state index in [1.807, 2.05) is 43.3 Å². The van der Waals surface area contributed by atoms with Gasteiger partial charge in [-0.15, -0.1) is 0 Å². The van der Waals surface area contributed by atoms with E-state index in [0.717, 1.165) is 22.5 Å². The van der Waals surface area contributed by atoms with E-state index < -0.39 is 0 Å². The predicted octanol–water partition coefficient (Wildman–Crippen LogP) is 6.23. The number of ether oxygens (including phenoxy) is 1. The van der Waals surface area contributed by atoms with Crippen molar-refractivity contribution in [3.8, 4) is 0 Å². The molecule has 0 atom stereocenters. The number of rotatable bonds is 8. The average molecular weight is 398 g/mol. The summed E-state index contributed by atoms with van der Waals surface area (Å²) in [6.45, 7) is 2.27. The van der Waals surface area contributed by atoms with Crippen LogP contribution in [0.1, 0.15) is 54.4 Å². The smallest absolute Gasteiger partial charge is 0.306 e. The summed E-state index contributed by atoms with van der Waals surface area (Å²) in [6, 6.07) is 27.0. The zero-order valence-electron chi connectivity index (χ0n) is 17.4. The molecule has 0 unspecified atom stereocenters. The lowest BCUT2D eigenvalue weighted by Gasteiger charge is -2.14. The fourth-order valence-electron chi connectivity index (χ4n) is 3.84. The average Bonchev–Trinajstić information content (AvgIpc) is 3.62. The molecule has 0 radical (unpaired) electrons. The van der Waals surface area contributed by atoms with Gasteiger partial charge in [0.15, 0.2) is 0 Å². The molecule has 0 heterocycles. The van der Waals surface area contributed by atoms with E-state index in [1.54, 1.807) is 0 Å². The Morgan fingerprint density at radius 1 is 0.900 bits per heavy atom. The first-order chi connectivity index (χ1) is 14.8. The van der Waals surface area contributed by atoms with Gasteiger partial charge in [0, 0.05) is 17.5 Å². The highest BCUT2D eigenvalue weighted by molar-refractivity contribution is 6.14. The molecule has 3 nitrogen and oxygen atoms in total. The minimum Gasteiger partial charge on any atom is -0.466 e. The molecule has 0 bridgehead atoms. The third kappa shape index (κ3) is 4.85. The van der Waals surface area contributed by atoms with Gasteiger partial charge in [0.1, 0.15) is 0 Å². The Kier molecular flexibility index (Phi) is 6.38. The number of carbonyl (C=O) groups excluding carboxylic acids is 1. The second-order valence-corrected chi connectivity index (χ2v) is 7.62. The van der Waals surface area contributed by atoms with E-state index in [1.165, 1.54) is 24.0 Å². The molecule has 30 heavy (non-hydrogen) atoms. The van der Waals surface area contributed by atoms with Crippen LogP contribution in [0.5, 0.6) is 0 Å². The maximum Gasteiger partial charge on any atom is 0.306 e. The molecule has 1 aliphatic rings. The molecule has 0 N–H and O–H groups in total. The SMILES string of the molecule is CCOC(=O)CCc1cccc(N=C(c2ccccc2)c2ccccc2)c1C1CC1. The minimum absolute atomic E-state index is 0.137. The number of aliphatic imine (C=N–C) groups is 1. The van der Waals surface area contributed by atoms with Gasteiger partial charge < -0.3 is 4.74 Å². The third-order valence-corrected chi connectivity index (χ3v) is 5.39. The van der Waals surface area contributed by atoms with Crippen molar-refractivity contribution in [3.63, 3.8) is 0 Å². The van der Waals surface area contributed by atoms with E-state index in [2.05, 4.69) is 42.5 Å². The topological polar surface area (TPSA) is 38.7 Å². The number of aryl methyl sites for hydroxylation is 1. The van der Waals surface area contributed by atoms with Crippen molar-refractivity contribution in [3.05, 3.63) is 101 Å². The molecule has 152 valence electrons. The molecule has 0 spiro atoms. The first-order valence-electron chi connectivity index (χ1n) is 10.7. The monoisotopic (exact) mass is 397 g/mol.